The Morgan fingerprint density at radius 3 is 2.70 bits per heavy atom. The number of halogens is 1. The molecule has 43 heavy (non-hydrogen) atoms. The average molecular weight is 612 g/mol. The molecule has 1 saturated carbocycles. The second kappa shape index (κ2) is 15.3. The predicted octanol–water partition coefficient (Wildman–Crippen LogP) is 5.97. The van der Waals surface area contributed by atoms with Gasteiger partial charge in [-0.25, -0.2) is 9.78 Å². The Labute approximate surface area is 261 Å². The highest BCUT2D eigenvalue weighted by Crippen LogP contribution is 2.33. The SMILES string of the molecule is CCOC(=O)C(C)(C)OC[C@@H](C)NC1CCC(Cc2cc(-c3cccc(NCC4(C#N)CCOCC4)n3)c(Cl)cn2)CC1. The van der Waals surface area contributed by atoms with E-state index in [2.05, 4.69) is 34.7 Å². The second-order valence-electron chi connectivity index (χ2n) is 12.5. The van der Waals surface area contributed by atoms with E-state index in [1.165, 1.54) is 0 Å². The third-order valence-electron chi connectivity index (χ3n) is 8.56. The highest BCUT2D eigenvalue weighted by molar-refractivity contribution is 6.33. The van der Waals surface area contributed by atoms with Gasteiger partial charge in [-0.2, -0.15) is 5.26 Å². The molecule has 0 radical (unpaired) electrons. The van der Waals surface area contributed by atoms with Crippen molar-refractivity contribution in [3.05, 3.63) is 41.2 Å². The molecule has 9 nitrogen and oxygen atoms in total. The number of carbonyl (C=O) groups excluding carboxylic acids is 1. The lowest BCUT2D eigenvalue weighted by Crippen LogP contribution is -2.45. The number of ether oxygens (including phenoxy) is 3. The highest BCUT2D eigenvalue weighted by Gasteiger charge is 2.33. The zero-order valence-electron chi connectivity index (χ0n) is 26.0. The van der Waals surface area contributed by atoms with Crippen molar-refractivity contribution in [1.82, 2.24) is 15.3 Å². The minimum Gasteiger partial charge on any atom is -0.464 e. The fourth-order valence-electron chi connectivity index (χ4n) is 5.80. The van der Waals surface area contributed by atoms with Crippen molar-refractivity contribution < 1.29 is 19.0 Å². The Bertz CT molecular complexity index is 1250. The Morgan fingerprint density at radius 2 is 2.00 bits per heavy atom. The summed E-state index contributed by atoms with van der Waals surface area (Å²) < 4.78 is 16.4. The van der Waals surface area contributed by atoms with E-state index < -0.39 is 11.0 Å². The van der Waals surface area contributed by atoms with Gasteiger partial charge in [-0.05, 0) is 96.8 Å². The van der Waals surface area contributed by atoms with Crippen LogP contribution in [-0.4, -0.2) is 66.6 Å². The maximum atomic E-state index is 12.1. The molecule has 4 rings (SSSR count). The van der Waals surface area contributed by atoms with E-state index in [-0.39, 0.29) is 12.0 Å². The summed E-state index contributed by atoms with van der Waals surface area (Å²) >= 11 is 6.60. The zero-order chi connectivity index (χ0) is 30.9. The van der Waals surface area contributed by atoms with E-state index in [1.807, 2.05) is 18.2 Å². The maximum absolute atomic E-state index is 12.1. The number of nitriles is 1. The number of carbonyl (C=O) groups is 1. The Morgan fingerprint density at radius 1 is 1.26 bits per heavy atom. The Kier molecular flexibility index (Phi) is 11.8. The number of pyridine rings is 2. The zero-order valence-corrected chi connectivity index (χ0v) is 26.7. The third kappa shape index (κ3) is 9.36. The van der Waals surface area contributed by atoms with E-state index in [0.717, 1.165) is 67.7 Å². The lowest BCUT2D eigenvalue weighted by Gasteiger charge is -2.32. The molecule has 1 aliphatic heterocycles. The Hall–Kier alpha value is -2.77. The van der Waals surface area contributed by atoms with Crippen LogP contribution >= 0.6 is 11.6 Å². The summed E-state index contributed by atoms with van der Waals surface area (Å²) in [6, 6.07) is 11.0. The molecule has 2 aromatic heterocycles. The van der Waals surface area contributed by atoms with Gasteiger partial charge in [0, 0.05) is 49.3 Å². The number of esters is 1. The van der Waals surface area contributed by atoms with Crippen molar-refractivity contribution in [2.45, 2.75) is 90.3 Å². The van der Waals surface area contributed by atoms with Gasteiger partial charge in [0.1, 0.15) is 5.82 Å². The molecule has 0 bridgehead atoms. The fraction of sp³-hybridized carbons (Fsp3) is 0.636. The molecule has 0 aromatic carbocycles. The second-order valence-corrected chi connectivity index (χ2v) is 12.9. The first-order valence-electron chi connectivity index (χ1n) is 15.5. The first-order chi connectivity index (χ1) is 20.6. The van der Waals surface area contributed by atoms with Crippen LogP contribution in [0.2, 0.25) is 5.02 Å². The summed E-state index contributed by atoms with van der Waals surface area (Å²) in [5.74, 6) is 0.945. The van der Waals surface area contributed by atoms with E-state index in [9.17, 15) is 10.1 Å². The molecule has 0 amide bonds. The van der Waals surface area contributed by atoms with E-state index in [0.29, 0.717) is 50.0 Å². The molecule has 3 heterocycles. The van der Waals surface area contributed by atoms with Crippen LogP contribution in [0.3, 0.4) is 0 Å². The van der Waals surface area contributed by atoms with Gasteiger partial charge in [0.25, 0.3) is 0 Å². The quantitative estimate of drug-likeness (QED) is 0.264. The lowest BCUT2D eigenvalue weighted by molar-refractivity contribution is -0.168. The van der Waals surface area contributed by atoms with E-state index in [1.54, 1.807) is 27.0 Å². The molecule has 234 valence electrons. The minimum atomic E-state index is -0.952. The monoisotopic (exact) mass is 611 g/mol. The highest BCUT2D eigenvalue weighted by atomic mass is 35.5. The molecular formula is C33H46ClN5O4. The largest absolute Gasteiger partial charge is 0.464 e. The molecule has 1 saturated heterocycles. The van der Waals surface area contributed by atoms with Crippen LogP contribution in [-0.2, 0) is 25.4 Å². The van der Waals surface area contributed by atoms with Crippen LogP contribution in [0.25, 0.3) is 11.3 Å². The molecule has 1 atom stereocenters. The van der Waals surface area contributed by atoms with Crippen molar-refractivity contribution in [1.29, 1.82) is 5.26 Å². The number of nitrogens with zero attached hydrogens (tertiary/aromatic N) is 3. The van der Waals surface area contributed by atoms with Crippen LogP contribution in [0, 0.1) is 22.7 Å². The molecule has 0 spiro atoms. The van der Waals surface area contributed by atoms with Crippen LogP contribution in [0.1, 0.15) is 71.9 Å². The summed E-state index contributed by atoms with van der Waals surface area (Å²) in [6.45, 7) is 9.95. The van der Waals surface area contributed by atoms with Crippen molar-refractivity contribution in [3.8, 4) is 17.3 Å². The van der Waals surface area contributed by atoms with Gasteiger partial charge >= 0.3 is 5.97 Å². The fourth-order valence-corrected chi connectivity index (χ4v) is 6.00. The first kappa shape index (κ1) is 33.1. The van der Waals surface area contributed by atoms with Gasteiger partial charge < -0.3 is 24.8 Å². The first-order valence-corrected chi connectivity index (χ1v) is 15.9. The standard InChI is InChI=1S/C33H46ClN5O4/c1-5-42-31(40)32(3,4)43-20-23(2)38-25-11-9-24(10-12-25)17-26-18-27(28(34)19-36-26)29-7-6-8-30(39-29)37-22-33(21-35)13-15-41-16-14-33/h6-8,18-19,23-25,38H,5,9-17,20,22H2,1-4H3,(H,37,39)/t23-,24?,25?/m1/s1. The van der Waals surface area contributed by atoms with Crippen molar-refractivity contribution >= 4 is 23.4 Å². The van der Waals surface area contributed by atoms with Crippen molar-refractivity contribution in [2.24, 2.45) is 11.3 Å². The summed E-state index contributed by atoms with van der Waals surface area (Å²) in [7, 11) is 0. The van der Waals surface area contributed by atoms with Gasteiger partial charge in [0.05, 0.1) is 35.4 Å². The average Bonchev–Trinajstić information content (AvgIpc) is 3.02. The van der Waals surface area contributed by atoms with Gasteiger partial charge in [-0.15, -0.1) is 0 Å². The minimum absolute atomic E-state index is 0.135. The smallest absolute Gasteiger partial charge is 0.337 e. The van der Waals surface area contributed by atoms with Crippen LogP contribution in [0.15, 0.2) is 30.5 Å². The van der Waals surface area contributed by atoms with Gasteiger partial charge in [0.2, 0.25) is 0 Å². The molecule has 2 aromatic rings. The van der Waals surface area contributed by atoms with Crippen molar-refractivity contribution in [3.63, 3.8) is 0 Å². The molecule has 2 N–H and O–H groups in total. The molecule has 0 unspecified atom stereocenters. The van der Waals surface area contributed by atoms with Crippen LogP contribution in [0.5, 0.6) is 0 Å². The van der Waals surface area contributed by atoms with Gasteiger partial charge in [-0.3, -0.25) is 4.98 Å². The van der Waals surface area contributed by atoms with E-state index in [4.69, 9.17) is 30.8 Å². The maximum Gasteiger partial charge on any atom is 0.337 e. The van der Waals surface area contributed by atoms with Gasteiger partial charge in [0.15, 0.2) is 5.60 Å². The number of rotatable bonds is 13. The normalized spacial score (nSPS) is 21.0. The molecule has 1 aliphatic carbocycles. The summed E-state index contributed by atoms with van der Waals surface area (Å²) in [5.41, 5.74) is 1.29. The van der Waals surface area contributed by atoms with E-state index >= 15 is 0 Å². The number of hydrogen-bond donors (Lipinski definition) is 2. The molecule has 10 heteroatoms. The summed E-state index contributed by atoms with van der Waals surface area (Å²) in [4.78, 5) is 21.6. The number of nitrogens with one attached hydrogen (secondary N) is 2. The topological polar surface area (TPSA) is 118 Å². The number of anilines is 1. The number of aromatic nitrogens is 2. The molecular weight excluding hydrogens is 566 g/mol. The Balaban J connectivity index is 1.28. The number of hydrogen-bond acceptors (Lipinski definition) is 9. The summed E-state index contributed by atoms with van der Waals surface area (Å²) in [6.07, 6.45) is 8.46. The van der Waals surface area contributed by atoms with Crippen LogP contribution in [0.4, 0.5) is 5.82 Å². The van der Waals surface area contributed by atoms with Gasteiger partial charge in [-0.1, -0.05) is 17.7 Å². The van der Waals surface area contributed by atoms with Crippen LogP contribution < -0.4 is 10.6 Å². The molecule has 2 aliphatic rings. The lowest BCUT2D eigenvalue weighted by atomic mass is 9.82. The summed E-state index contributed by atoms with van der Waals surface area (Å²) in [5, 5.41) is 17.4. The predicted molar refractivity (Wildman–Crippen MR) is 168 cm³/mol. The van der Waals surface area contributed by atoms with Crippen molar-refractivity contribution in [2.75, 3.05) is 38.3 Å². The molecule has 2 fully saturated rings. The third-order valence-corrected chi connectivity index (χ3v) is 8.86.